The Labute approximate surface area is 198 Å². The lowest BCUT2D eigenvalue weighted by atomic mass is 10.1. The summed E-state index contributed by atoms with van der Waals surface area (Å²) in [5.74, 6) is 1.16. The van der Waals surface area contributed by atoms with Gasteiger partial charge in [0.2, 0.25) is 0 Å². The molecule has 0 aromatic rings. The van der Waals surface area contributed by atoms with Crippen LogP contribution in [0.15, 0.2) is 0 Å². The van der Waals surface area contributed by atoms with Gasteiger partial charge in [0.15, 0.2) is 12.6 Å². The van der Waals surface area contributed by atoms with Gasteiger partial charge in [-0.2, -0.15) is 0 Å². The van der Waals surface area contributed by atoms with Gasteiger partial charge >= 0.3 is 0 Å². The Balaban J connectivity index is 1.18. The van der Waals surface area contributed by atoms with Gasteiger partial charge in [-0.15, -0.1) is 17.2 Å². The maximum absolute atomic E-state index is 6.26. The molecule has 0 aromatic heterocycles. The molecule has 0 N–H and O–H groups in total. The van der Waals surface area contributed by atoms with Crippen molar-refractivity contribution in [2.45, 2.75) is 87.5 Å². The van der Waals surface area contributed by atoms with Crippen molar-refractivity contribution < 1.29 is 28.4 Å². The van der Waals surface area contributed by atoms with Crippen molar-refractivity contribution in [3.63, 3.8) is 0 Å². The highest BCUT2D eigenvalue weighted by Gasteiger charge is 2.39. The molecular weight excluding hydrogens is 446 g/mol. The van der Waals surface area contributed by atoms with E-state index in [4.69, 9.17) is 28.4 Å². The maximum atomic E-state index is 6.26. The molecule has 10 atom stereocenters. The molecule has 4 aliphatic rings. The molecule has 6 unspecified atom stereocenters. The van der Waals surface area contributed by atoms with Crippen molar-refractivity contribution in [1.29, 1.82) is 0 Å². The molecule has 0 spiro atoms. The summed E-state index contributed by atoms with van der Waals surface area (Å²) < 4.78 is 35.3. The molecule has 8 heteroatoms. The zero-order chi connectivity index (χ0) is 22.2. The van der Waals surface area contributed by atoms with E-state index in [1.54, 1.807) is 14.2 Å². The standard InChI is InChI=1S/C24H44O6P2/c1-25-15-17-9-11-27-23(29-17)19-5-3-7-21(19)31-13-14-32-22-8-4-6-20(22)24-28-12-10-18(30-24)16-26-2/h17-24,31-32H,3-16H2,1-2H3/t17-,18-,19+,20+,21?,22?,23?,24?/m0/s1. The van der Waals surface area contributed by atoms with E-state index in [0.29, 0.717) is 25.0 Å². The highest BCUT2D eigenvalue weighted by molar-refractivity contribution is 7.43. The minimum Gasteiger partial charge on any atom is -0.382 e. The molecule has 6 nitrogen and oxygen atoms in total. The number of hydrogen-bond acceptors (Lipinski definition) is 6. The molecule has 2 saturated carbocycles. The number of methoxy groups -OCH3 is 2. The normalized spacial score (nSPS) is 41.4. The first kappa shape index (κ1) is 25.7. The van der Waals surface area contributed by atoms with Gasteiger partial charge < -0.3 is 28.4 Å². The highest BCUT2D eigenvalue weighted by atomic mass is 31.1. The molecule has 0 aromatic carbocycles. The summed E-state index contributed by atoms with van der Waals surface area (Å²) in [6.07, 6.45) is 12.9. The van der Waals surface area contributed by atoms with Crippen molar-refractivity contribution in [1.82, 2.24) is 0 Å². The number of rotatable bonds is 11. The fourth-order valence-corrected chi connectivity index (χ4v) is 9.91. The van der Waals surface area contributed by atoms with E-state index in [0.717, 1.165) is 54.5 Å². The Morgan fingerprint density at radius 3 is 1.56 bits per heavy atom. The first-order valence-electron chi connectivity index (χ1n) is 12.8. The van der Waals surface area contributed by atoms with Crippen LogP contribution in [0.2, 0.25) is 0 Å². The summed E-state index contributed by atoms with van der Waals surface area (Å²) in [4.78, 5) is 0. The fraction of sp³-hybridized carbons (Fsp3) is 1.00. The Hall–Kier alpha value is 0.620. The second-order valence-corrected chi connectivity index (χ2v) is 13.1. The molecule has 0 amide bonds. The monoisotopic (exact) mass is 490 g/mol. The summed E-state index contributed by atoms with van der Waals surface area (Å²) in [6, 6.07) is 0. The summed E-state index contributed by atoms with van der Waals surface area (Å²) >= 11 is 0. The fourth-order valence-electron chi connectivity index (χ4n) is 5.94. The second-order valence-electron chi connectivity index (χ2n) is 9.79. The Kier molecular flexibility index (Phi) is 11.0. The van der Waals surface area contributed by atoms with Crippen LogP contribution in [0, 0.1) is 11.8 Å². The summed E-state index contributed by atoms with van der Waals surface area (Å²) in [5, 5.41) is 0. The molecule has 2 aliphatic heterocycles. The van der Waals surface area contributed by atoms with Gasteiger partial charge in [-0.1, -0.05) is 12.8 Å². The first-order valence-corrected chi connectivity index (χ1v) is 15.3. The van der Waals surface area contributed by atoms with Crippen molar-refractivity contribution >= 4 is 17.2 Å². The summed E-state index contributed by atoms with van der Waals surface area (Å²) in [7, 11) is 5.59. The predicted molar refractivity (Wildman–Crippen MR) is 131 cm³/mol. The van der Waals surface area contributed by atoms with Crippen LogP contribution in [0.4, 0.5) is 0 Å². The molecule has 32 heavy (non-hydrogen) atoms. The van der Waals surface area contributed by atoms with E-state index in [1.807, 2.05) is 0 Å². The first-order chi connectivity index (χ1) is 15.8. The largest absolute Gasteiger partial charge is 0.382 e. The molecule has 0 radical (unpaired) electrons. The lowest BCUT2D eigenvalue weighted by molar-refractivity contribution is -0.241. The van der Waals surface area contributed by atoms with Crippen LogP contribution in [0.3, 0.4) is 0 Å². The van der Waals surface area contributed by atoms with Crippen molar-refractivity contribution in [2.24, 2.45) is 11.8 Å². The third kappa shape index (κ3) is 7.08. The second kappa shape index (κ2) is 13.6. The van der Waals surface area contributed by atoms with Gasteiger partial charge in [0.05, 0.1) is 38.6 Å². The summed E-state index contributed by atoms with van der Waals surface area (Å²) in [6.45, 7) is 2.99. The van der Waals surface area contributed by atoms with Crippen LogP contribution < -0.4 is 0 Å². The maximum Gasteiger partial charge on any atom is 0.161 e. The topological polar surface area (TPSA) is 55.4 Å². The molecule has 2 aliphatic carbocycles. The van der Waals surface area contributed by atoms with Gasteiger partial charge in [0.1, 0.15) is 0 Å². The Bertz CT molecular complexity index is 491. The number of ether oxygens (including phenoxy) is 6. The summed E-state index contributed by atoms with van der Waals surface area (Å²) in [5.41, 5.74) is 1.57. The van der Waals surface area contributed by atoms with Crippen LogP contribution in [0.5, 0.6) is 0 Å². The van der Waals surface area contributed by atoms with E-state index in [-0.39, 0.29) is 24.8 Å². The average molecular weight is 491 g/mol. The third-order valence-corrected chi connectivity index (χ3v) is 11.6. The van der Waals surface area contributed by atoms with Crippen LogP contribution in [0.25, 0.3) is 0 Å². The predicted octanol–water partition coefficient (Wildman–Crippen LogP) is 4.24. The molecule has 4 fully saturated rings. The van der Waals surface area contributed by atoms with Gasteiger partial charge in [0.25, 0.3) is 0 Å². The van der Waals surface area contributed by atoms with E-state index < -0.39 is 0 Å². The van der Waals surface area contributed by atoms with Crippen LogP contribution >= 0.6 is 17.2 Å². The minimum absolute atomic E-state index is 0.00814. The average Bonchev–Trinajstić information content (AvgIpc) is 3.47. The quantitative estimate of drug-likeness (QED) is 0.319. The highest BCUT2D eigenvalue weighted by Crippen LogP contribution is 2.46. The van der Waals surface area contributed by atoms with Crippen LogP contribution in [-0.4, -0.2) is 89.1 Å². The lowest BCUT2D eigenvalue weighted by Gasteiger charge is -2.36. The van der Waals surface area contributed by atoms with E-state index in [9.17, 15) is 0 Å². The molecule has 4 rings (SSSR count). The van der Waals surface area contributed by atoms with E-state index in [1.165, 1.54) is 50.8 Å². The van der Waals surface area contributed by atoms with E-state index >= 15 is 0 Å². The van der Waals surface area contributed by atoms with Crippen molar-refractivity contribution in [2.75, 3.05) is 53.0 Å². The lowest BCUT2D eigenvalue weighted by Crippen LogP contribution is -2.41. The Morgan fingerprint density at radius 2 is 1.12 bits per heavy atom. The van der Waals surface area contributed by atoms with E-state index in [2.05, 4.69) is 0 Å². The number of hydrogen-bond donors (Lipinski definition) is 0. The zero-order valence-electron chi connectivity index (χ0n) is 20.0. The van der Waals surface area contributed by atoms with Crippen molar-refractivity contribution in [3.8, 4) is 0 Å². The molecule has 186 valence electrons. The molecule has 0 bridgehead atoms. The van der Waals surface area contributed by atoms with Gasteiger partial charge in [-0.05, 0) is 62.2 Å². The van der Waals surface area contributed by atoms with Crippen LogP contribution in [0.1, 0.15) is 51.4 Å². The SMILES string of the molecule is COC[C@@H]1CCOC([C@@H]2CCCC2PCCPC2CCC[C@H]2C2OCC[C@@H](COC)O2)O1. The minimum atomic E-state index is -0.00814. The van der Waals surface area contributed by atoms with Gasteiger partial charge in [0, 0.05) is 26.1 Å². The molecular formula is C24H44O6P2. The smallest absolute Gasteiger partial charge is 0.161 e. The van der Waals surface area contributed by atoms with Crippen LogP contribution in [-0.2, 0) is 28.4 Å². The molecule has 2 heterocycles. The van der Waals surface area contributed by atoms with Gasteiger partial charge in [-0.25, -0.2) is 0 Å². The zero-order valence-corrected chi connectivity index (χ0v) is 22.0. The molecule has 2 saturated heterocycles. The third-order valence-electron chi connectivity index (χ3n) is 7.58. The van der Waals surface area contributed by atoms with Gasteiger partial charge in [-0.3, -0.25) is 0 Å². The Morgan fingerprint density at radius 1 is 0.656 bits per heavy atom. The van der Waals surface area contributed by atoms with Crippen molar-refractivity contribution in [3.05, 3.63) is 0 Å².